The highest BCUT2D eigenvalue weighted by atomic mass is 15.3. The van der Waals surface area contributed by atoms with E-state index in [1.54, 1.807) is 11.0 Å². The lowest BCUT2D eigenvalue weighted by Gasteiger charge is -2.06. The Morgan fingerprint density at radius 1 is 1.24 bits per heavy atom. The number of hydrogen-bond acceptors (Lipinski definition) is 5. The van der Waals surface area contributed by atoms with Crippen LogP contribution >= 0.6 is 0 Å². The first-order chi connectivity index (χ1) is 8.15. The molecule has 1 N–H and O–H groups in total. The van der Waals surface area contributed by atoms with E-state index in [-0.39, 0.29) is 0 Å². The summed E-state index contributed by atoms with van der Waals surface area (Å²) in [6.45, 7) is 4.67. The van der Waals surface area contributed by atoms with E-state index in [9.17, 15) is 0 Å². The highest BCUT2D eigenvalue weighted by Crippen LogP contribution is 2.03. The number of rotatable bonds is 4. The molecule has 0 unspecified atom stereocenters. The number of anilines is 1. The molecule has 0 aliphatic heterocycles. The number of nitrogens with one attached hydrogen (secondary N) is 1. The molecule has 0 radical (unpaired) electrons. The summed E-state index contributed by atoms with van der Waals surface area (Å²) in [5, 5.41) is 7.21. The zero-order valence-electron chi connectivity index (χ0n) is 10.3. The summed E-state index contributed by atoms with van der Waals surface area (Å²) in [4.78, 5) is 12.8. The molecular formula is C11H16N6. The molecule has 0 saturated heterocycles. The molecule has 0 aliphatic rings. The van der Waals surface area contributed by atoms with Crippen molar-refractivity contribution in [2.24, 2.45) is 7.05 Å². The van der Waals surface area contributed by atoms with E-state index in [4.69, 9.17) is 0 Å². The average Bonchev–Trinajstić information content (AvgIpc) is 2.63. The molecule has 0 amide bonds. The van der Waals surface area contributed by atoms with E-state index in [0.29, 0.717) is 5.95 Å². The quantitative estimate of drug-likeness (QED) is 0.847. The Bertz CT molecular complexity index is 484. The Kier molecular flexibility index (Phi) is 3.32. The van der Waals surface area contributed by atoms with E-state index >= 15 is 0 Å². The molecule has 90 valence electrons. The molecule has 2 aromatic rings. The van der Waals surface area contributed by atoms with Crippen LogP contribution in [0.2, 0.25) is 0 Å². The van der Waals surface area contributed by atoms with Gasteiger partial charge in [-0.3, -0.25) is 4.68 Å². The molecule has 0 aromatic carbocycles. The molecule has 0 saturated carbocycles. The van der Waals surface area contributed by atoms with Gasteiger partial charge in [0.1, 0.15) is 12.2 Å². The third-order valence-electron chi connectivity index (χ3n) is 2.42. The lowest BCUT2D eigenvalue weighted by molar-refractivity contribution is 0.700. The zero-order valence-corrected chi connectivity index (χ0v) is 10.3. The largest absolute Gasteiger partial charge is 0.354 e. The van der Waals surface area contributed by atoms with Crippen molar-refractivity contribution in [3.63, 3.8) is 0 Å². The standard InChI is InChI=1S/C11H16N6/c1-8-6-9(2)16-11(15-8)12-5-4-10-13-7-14-17(10)3/h6-7H,4-5H2,1-3H3,(H,12,15,16). The van der Waals surface area contributed by atoms with Gasteiger partial charge < -0.3 is 5.32 Å². The molecule has 6 heteroatoms. The van der Waals surface area contributed by atoms with Crippen LogP contribution in [0.15, 0.2) is 12.4 Å². The summed E-state index contributed by atoms with van der Waals surface area (Å²) in [6, 6.07) is 1.95. The Hall–Kier alpha value is -1.98. The van der Waals surface area contributed by atoms with Crippen molar-refractivity contribution in [1.29, 1.82) is 0 Å². The molecule has 17 heavy (non-hydrogen) atoms. The summed E-state index contributed by atoms with van der Waals surface area (Å²) in [7, 11) is 1.88. The summed E-state index contributed by atoms with van der Waals surface area (Å²) in [6.07, 6.45) is 2.36. The van der Waals surface area contributed by atoms with Crippen molar-refractivity contribution in [2.75, 3.05) is 11.9 Å². The van der Waals surface area contributed by atoms with Crippen molar-refractivity contribution in [2.45, 2.75) is 20.3 Å². The minimum absolute atomic E-state index is 0.671. The molecule has 0 spiro atoms. The Morgan fingerprint density at radius 2 is 1.94 bits per heavy atom. The minimum Gasteiger partial charge on any atom is -0.354 e. The maximum Gasteiger partial charge on any atom is 0.223 e. The fourth-order valence-corrected chi connectivity index (χ4v) is 1.64. The van der Waals surface area contributed by atoms with E-state index < -0.39 is 0 Å². The van der Waals surface area contributed by atoms with Gasteiger partial charge >= 0.3 is 0 Å². The predicted molar refractivity (Wildman–Crippen MR) is 64.7 cm³/mol. The van der Waals surface area contributed by atoms with Gasteiger partial charge in [-0.2, -0.15) is 5.10 Å². The van der Waals surface area contributed by atoms with E-state index in [2.05, 4.69) is 25.4 Å². The second-order valence-corrected chi connectivity index (χ2v) is 3.95. The normalized spacial score (nSPS) is 10.5. The van der Waals surface area contributed by atoms with E-state index in [1.165, 1.54) is 0 Å². The van der Waals surface area contributed by atoms with Crippen molar-refractivity contribution < 1.29 is 0 Å². The van der Waals surface area contributed by atoms with Gasteiger partial charge in [-0.05, 0) is 19.9 Å². The monoisotopic (exact) mass is 232 g/mol. The van der Waals surface area contributed by atoms with E-state index in [1.807, 2.05) is 27.0 Å². The lowest BCUT2D eigenvalue weighted by atomic mass is 10.3. The fraction of sp³-hybridized carbons (Fsp3) is 0.455. The van der Waals surface area contributed by atoms with Crippen LogP contribution in [0.5, 0.6) is 0 Å². The molecule has 0 fully saturated rings. The number of hydrogen-bond donors (Lipinski definition) is 1. The number of aromatic nitrogens is 5. The van der Waals surface area contributed by atoms with Crippen molar-refractivity contribution in [1.82, 2.24) is 24.7 Å². The van der Waals surface area contributed by atoms with Gasteiger partial charge in [0.25, 0.3) is 0 Å². The topological polar surface area (TPSA) is 68.5 Å². The Morgan fingerprint density at radius 3 is 2.53 bits per heavy atom. The summed E-state index contributed by atoms with van der Waals surface area (Å²) < 4.78 is 1.77. The minimum atomic E-state index is 0.671. The third-order valence-corrected chi connectivity index (χ3v) is 2.42. The van der Waals surface area contributed by atoms with Gasteiger partial charge in [-0.15, -0.1) is 0 Å². The van der Waals surface area contributed by atoms with Gasteiger partial charge in [0.05, 0.1) is 0 Å². The number of nitrogens with zero attached hydrogens (tertiary/aromatic N) is 5. The van der Waals surface area contributed by atoms with Crippen molar-refractivity contribution >= 4 is 5.95 Å². The SMILES string of the molecule is Cc1cc(C)nc(NCCc2ncnn2C)n1. The summed E-state index contributed by atoms with van der Waals surface area (Å²) >= 11 is 0. The van der Waals surface area contributed by atoms with Crippen LogP contribution in [0.25, 0.3) is 0 Å². The second-order valence-electron chi connectivity index (χ2n) is 3.95. The summed E-state index contributed by atoms with van der Waals surface area (Å²) in [5.74, 6) is 1.62. The fourth-order valence-electron chi connectivity index (χ4n) is 1.64. The first-order valence-electron chi connectivity index (χ1n) is 5.54. The molecule has 0 aliphatic carbocycles. The third kappa shape index (κ3) is 2.99. The zero-order chi connectivity index (χ0) is 12.3. The van der Waals surface area contributed by atoms with Crippen LogP contribution in [-0.4, -0.2) is 31.3 Å². The molecule has 0 bridgehead atoms. The summed E-state index contributed by atoms with van der Waals surface area (Å²) in [5.41, 5.74) is 1.94. The lowest BCUT2D eigenvalue weighted by Crippen LogP contribution is -2.11. The highest BCUT2D eigenvalue weighted by Gasteiger charge is 2.02. The molecule has 6 nitrogen and oxygen atoms in total. The molecule has 2 heterocycles. The molecule has 2 aromatic heterocycles. The van der Waals surface area contributed by atoms with Gasteiger partial charge in [0.2, 0.25) is 5.95 Å². The Labute approximate surface area is 100 Å². The highest BCUT2D eigenvalue weighted by molar-refractivity contribution is 5.27. The second kappa shape index (κ2) is 4.90. The maximum atomic E-state index is 4.31. The van der Waals surface area contributed by atoms with Crippen LogP contribution in [0.3, 0.4) is 0 Å². The molecule has 2 rings (SSSR count). The first kappa shape index (κ1) is 11.5. The van der Waals surface area contributed by atoms with Gasteiger partial charge in [-0.1, -0.05) is 0 Å². The van der Waals surface area contributed by atoms with Crippen LogP contribution < -0.4 is 5.32 Å². The number of aryl methyl sites for hydroxylation is 3. The molecule has 0 atom stereocenters. The van der Waals surface area contributed by atoms with Gasteiger partial charge in [0, 0.05) is 31.4 Å². The van der Waals surface area contributed by atoms with Crippen LogP contribution in [0, 0.1) is 13.8 Å². The van der Waals surface area contributed by atoms with Crippen LogP contribution in [-0.2, 0) is 13.5 Å². The average molecular weight is 232 g/mol. The Balaban J connectivity index is 1.92. The predicted octanol–water partition coefficient (Wildman–Crippen LogP) is 0.877. The van der Waals surface area contributed by atoms with Crippen LogP contribution in [0.1, 0.15) is 17.2 Å². The van der Waals surface area contributed by atoms with Crippen molar-refractivity contribution in [3.05, 3.63) is 29.6 Å². The smallest absolute Gasteiger partial charge is 0.223 e. The maximum absolute atomic E-state index is 4.31. The van der Waals surface area contributed by atoms with Gasteiger partial charge in [0.15, 0.2) is 0 Å². The van der Waals surface area contributed by atoms with Crippen LogP contribution in [0.4, 0.5) is 5.95 Å². The van der Waals surface area contributed by atoms with Crippen molar-refractivity contribution in [3.8, 4) is 0 Å². The van der Waals surface area contributed by atoms with E-state index in [0.717, 1.165) is 30.2 Å². The molecular weight excluding hydrogens is 216 g/mol. The van der Waals surface area contributed by atoms with Gasteiger partial charge in [-0.25, -0.2) is 15.0 Å². The first-order valence-corrected chi connectivity index (χ1v) is 5.54.